The van der Waals surface area contributed by atoms with Crippen molar-refractivity contribution in [3.8, 4) is 0 Å². The molecule has 2 atom stereocenters. The third-order valence-corrected chi connectivity index (χ3v) is 5.14. The predicted molar refractivity (Wildman–Crippen MR) is 79.4 cm³/mol. The van der Waals surface area contributed by atoms with Gasteiger partial charge in [-0.3, -0.25) is 4.40 Å². The standard InChI is InChI=1S/C15H18N2O2S/c1-10-5-4-6-11(9-10)20-14-13(15(18)19)17-8-3-2-7-12(17)16-14/h2-3,7-8,10-11H,4-6,9H2,1H3,(H,18,19). The second kappa shape index (κ2) is 5.48. The van der Waals surface area contributed by atoms with Crippen LogP contribution in [0.25, 0.3) is 5.65 Å². The second-order valence-corrected chi connectivity index (χ2v) is 6.80. The van der Waals surface area contributed by atoms with Crippen LogP contribution in [0.5, 0.6) is 0 Å². The molecule has 20 heavy (non-hydrogen) atoms. The molecule has 0 radical (unpaired) electrons. The van der Waals surface area contributed by atoms with Crippen LogP contribution in [-0.4, -0.2) is 25.7 Å². The van der Waals surface area contributed by atoms with Crippen LogP contribution in [0.2, 0.25) is 0 Å². The maximum Gasteiger partial charge on any atom is 0.355 e. The number of imidazole rings is 1. The van der Waals surface area contributed by atoms with Crippen molar-refractivity contribution in [3.05, 3.63) is 30.1 Å². The fourth-order valence-electron chi connectivity index (χ4n) is 2.89. The van der Waals surface area contributed by atoms with Crippen molar-refractivity contribution in [2.45, 2.75) is 42.9 Å². The van der Waals surface area contributed by atoms with Crippen LogP contribution < -0.4 is 0 Å². The van der Waals surface area contributed by atoms with E-state index in [1.165, 1.54) is 12.8 Å². The minimum absolute atomic E-state index is 0.295. The summed E-state index contributed by atoms with van der Waals surface area (Å²) in [5, 5.41) is 10.6. The first-order chi connectivity index (χ1) is 9.65. The lowest BCUT2D eigenvalue weighted by Gasteiger charge is -2.25. The Kier molecular flexibility index (Phi) is 3.70. The van der Waals surface area contributed by atoms with Crippen LogP contribution in [0.4, 0.5) is 0 Å². The monoisotopic (exact) mass is 290 g/mol. The Balaban J connectivity index is 1.94. The molecule has 1 aliphatic carbocycles. The molecule has 1 N–H and O–H groups in total. The molecule has 0 bridgehead atoms. The first-order valence-electron chi connectivity index (χ1n) is 7.02. The summed E-state index contributed by atoms with van der Waals surface area (Å²) in [5.41, 5.74) is 1.00. The number of hydrogen-bond donors (Lipinski definition) is 1. The summed E-state index contributed by atoms with van der Waals surface area (Å²) < 4.78 is 1.66. The highest BCUT2D eigenvalue weighted by atomic mass is 32.2. The molecule has 2 aromatic heterocycles. The van der Waals surface area contributed by atoms with E-state index in [0.717, 1.165) is 18.8 Å². The molecule has 0 spiro atoms. The number of rotatable bonds is 3. The van der Waals surface area contributed by atoms with E-state index >= 15 is 0 Å². The van der Waals surface area contributed by atoms with Gasteiger partial charge in [-0.15, -0.1) is 11.8 Å². The molecule has 0 saturated heterocycles. The van der Waals surface area contributed by atoms with Crippen molar-refractivity contribution in [2.75, 3.05) is 0 Å². The summed E-state index contributed by atoms with van der Waals surface area (Å²) in [6.45, 7) is 2.27. The van der Waals surface area contributed by atoms with Gasteiger partial charge in [0.15, 0.2) is 5.69 Å². The molecule has 2 heterocycles. The normalized spacial score (nSPS) is 23.1. The molecular weight excluding hydrogens is 272 g/mol. The van der Waals surface area contributed by atoms with Crippen molar-refractivity contribution in [2.24, 2.45) is 5.92 Å². The summed E-state index contributed by atoms with van der Waals surface area (Å²) in [5.74, 6) is -0.179. The Labute approximate surface area is 122 Å². The highest BCUT2D eigenvalue weighted by Crippen LogP contribution is 2.37. The number of thioether (sulfide) groups is 1. The SMILES string of the molecule is CC1CCCC(Sc2nc3ccccn3c2C(=O)O)C1. The fraction of sp³-hybridized carbons (Fsp3) is 0.467. The largest absolute Gasteiger partial charge is 0.476 e. The Morgan fingerprint density at radius 1 is 1.45 bits per heavy atom. The number of pyridine rings is 1. The van der Waals surface area contributed by atoms with E-state index in [-0.39, 0.29) is 0 Å². The molecule has 3 rings (SSSR count). The Bertz CT molecular complexity index is 638. The third-order valence-electron chi connectivity index (χ3n) is 3.87. The quantitative estimate of drug-likeness (QED) is 0.936. The lowest BCUT2D eigenvalue weighted by molar-refractivity contribution is 0.0685. The zero-order valence-corrected chi connectivity index (χ0v) is 12.3. The van der Waals surface area contributed by atoms with Gasteiger partial charge in [-0.25, -0.2) is 9.78 Å². The van der Waals surface area contributed by atoms with Gasteiger partial charge in [-0.2, -0.15) is 0 Å². The van der Waals surface area contributed by atoms with E-state index in [1.807, 2.05) is 18.2 Å². The van der Waals surface area contributed by atoms with Crippen LogP contribution in [-0.2, 0) is 0 Å². The lowest BCUT2D eigenvalue weighted by Crippen LogP contribution is -2.15. The maximum absolute atomic E-state index is 11.5. The van der Waals surface area contributed by atoms with Crippen LogP contribution in [0.15, 0.2) is 29.4 Å². The van der Waals surface area contributed by atoms with Gasteiger partial charge in [0, 0.05) is 11.4 Å². The van der Waals surface area contributed by atoms with Crippen molar-refractivity contribution in [3.63, 3.8) is 0 Å². The molecule has 1 fully saturated rings. The average molecular weight is 290 g/mol. The van der Waals surface area contributed by atoms with E-state index < -0.39 is 5.97 Å². The van der Waals surface area contributed by atoms with Crippen LogP contribution in [0, 0.1) is 5.92 Å². The number of nitrogens with zero attached hydrogens (tertiary/aromatic N) is 2. The fourth-order valence-corrected chi connectivity index (χ4v) is 4.36. The van der Waals surface area contributed by atoms with Gasteiger partial charge in [0.25, 0.3) is 0 Å². The van der Waals surface area contributed by atoms with Crippen LogP contribution in [0.3, 0.4) is 0 Å². The lowest BCUT2D eigenvalue weighted by atomic mass is 9.91. The highest BCUT2D eigenvalue weighted by Gasteiger charge is 2.25. The molecule has 2 unspecified atom stereocenters. The zero-order valence-electron chi connectivity index (χ0n) is 11.5. The van der Waals surface area contributed by atoms with E-state index in [0.29, 0.717) is 21.6 Å². The van der Waals surface area contributed by atoms with Gasteiger partial charge in [0.05, 0.1) is 0 Å². The van der Waals surface area contributed by atoms with Crippen molar-refractivity contribution in [1.82, 2.24) is 9.38 Å². The minimum atomic E-state index is -0.907. The molecule has 2 aromatic rings. The van der Waals surface area contributed by atoms with Gasteiger partial charge in [-0.1, -0.05) is 25.8 Å². The number of carboxylic acids is 1. The summed E-state index contributed by atoms with van der Waals surface area (Å²) in [4.78, 5) is 16.0. The molecule has 0 aliphatic heterocycles. The van der Waals surface area contributed by atoms with Gasteiger partial charge < -0.3 is 5.11 Å². The van der Waals surface area contributed by atoms with Gasteiger partial charge >= 0.3 is 5.97 Å². The number of aromatic carboxylic acids is 1. The van der Waals surface area contributed by atoms with E-state index in [2.05, 4.69) is 11.9 Å². The highest BCUT2D eigenvalue weighted by molar-refractivity contribution is 7.99. The molecule has 5 heteroatoms. The molecule has 4 nitrogen and oxygen atoms in total. The van der Waals surface area contributed by atoms with Gasteiger partial charge in [0.1, 0.15) is 10.7 Å². The number of hydrogen-bond acceptors (Lipinski definition) is 3. The molecular formula is C15H18N2O2S. The summed E-state index contributed by atoms with van der Waals surface area (Å²) in [6.07, 6.45) is 6.58. The molecule has 1 saturated carbocycles. The summed E-state index contributed by atoms with van der Waals surface area (Å²) in [6, 6.07) is 5.56. The van der Waals surface area contributed by atoms with Crippen molar-refractivity contribution >= 4 is 23.4 Å². The Morgan fingerprint density at radius 2 is 2.30 bits per heavy atom. The Morgan fingerprint density at radius 3 is 3.05 bits per heavy atom. The van der Waals surface area contributed by atoms with Crippen molar-refractivity contribution in [1.29, 1.82) is 0 Å². The van der Waals surface area contributed by atoms with Crippen molar-refractivity contribution < 1.29 is 9.90 Å². The Hall–Kier alpha value is -1.49. The second-order valence-electron chi connectivity index (χ2n) is 5.51. The molecule has 0 aromatic carbocycles. The van der Waals surface area contributed by atoms with E-state index in [4.69, 9.17) is 0 Å². The minimum Gasteiger partial charge on any atom is -0.476 e. The first-order valence-corrected chi connectivity index (χ1v) is 7.90. The van der Waals surface area contributed by atoms with E-state index in [1.54, 1.807) is 22.4 Å². The van der Waals surface area contributed by atoms with E-state index in [9.17, 15) is 9.90 Å². The smallest absolute Gasteiger partial charge is 0.355 e. The van der Waals surface area contributed by atoms with Crippen LogP contribution in [0.1, 0.15) is 43.1 Å². The molecule has 0 amide bonds. The average Bonchev–Trinajstić information content (AvgIpc) is 2.76. The zero-order chi connectivity index (χ0) is 14.1. The third kappa shape index (κ3) is 2.54. The number of carboxylic acid groups (broad SMARTS) is 1. The number of carbonyl (C=O) groups is 1. The molecule has 1 aliphatic rings. The summed E-state index contributed by atoms with van der Waals surface area (Å²) >= 11 is 1.64. The molecule has 106 valence electrons. The number of aromatic nitrogens is 2. The predicted octanol–water partition coefficient (Wildman–Crippen LogP) is 3.70. The first kappa shape index (κ1) is 13.5. The topological polar surface area (TPSA) is 54.6 Å². The summed E-state index contributed by atoms with van der Waals surface area (Å²) in [7, 11) is 0. The number of fused-ring (bicyclic) bond motifs is 1. The maximum atomic E-state index is 11.5. The van der Waals surface area contributed by atoms with Crippen LogP contribution >= 0.6 is 11.8 Å². The van der Waals surface area contributed by atoms with Gasteiger partial charge in [0.2, 0.25) is 0 Å². The van der Waals surface area contributed by atoms with Gasteiger partial charge in [-0.05, 0) is 30.9 Å².